The molecule has 0 aliphatic carbocycles. The molecule has 16 heavy (non-hydrogen) atoms. The Morgan fingerprint density at radius 2 is 1.75 bits per heavy atom. The molecule has 7 nitrogen and oxygen atoms in total. The predicted octanol–water partition coefficient (Wildman–Crippen LogP) is -2.25. The molecule has 0 radical (unpaired) electrons. The van der Waals surface area contributed by atoms with Crippen LogP contribution in [0.5, 0.6) is 0 Å². The van der Waals surface area contributed by atoms with Crippen molar-refractivity contribution in [3.8, 4) is 0 Å². The van der Waals surface area contributed by atoms with E-state index in [9.17, 15) is 19.2 Å². The summed E-state index contributed by atoms with van der Waals surface area (Å²) in [6, 6.07) is -0.591. The predicted molar refractivity (Wildman–Crippen MR) is 50.9 cm³/mol. The first-order valence-corrected chi connectivity index (χ1v) is 4.97. The highest BCUT2D eigenvalue weighted by Gasteiger charge is 2.34. The van der Waals surface area contributed by atoms with Crippen LogP contribution in [0.3, 0.4) is 0 Å². The minimum Gasteiger partial charge on any atom is -0.344 e. The maximum atomic E-state index is 11.8. The maximum absolute atomic E-state index is 11.8. The highest BCUT2D eigenvalue weighted by atomic mass is 16.2. The van der Waals surface area contributed by atoms with Crippen LogP contribution in [-0.2, 0) is 19.2 Å². The Kier molecular flexibility index (Phi) is 2.59. The van der Waals surface area contributed by atoms with Gasteiger partial charge in [0.15, 0.2) is 0 Å². The van der Waals surface area contributed by atoms with Gasteiger partial charge in [-0.25, -0.2) is 0 Å². The first-order valence-electron chi connectivity index (χ1n) is 4.97. The fraction of sp³-hybridized carbons (Fsp3) is 0.556. The van der Waals surface area contributed by atoms with Crippen LogP contribution in [-0.4, -0.2) is 47.7 Å². The van der Waals surface area contributed by atoms with Crippen molar-refractivity contribution in [3.63, 3.8) is 0 Å². The molecule has 4 amide bonds. The van der Waals surface area contributed by atoms with Crippen LogP contribution < -0.4 is 10.6 Å². The number of rotatable bonds is 1. The van der Waals surface area contributed by atoms with Crippen molar-refractivity contribution in [3.05, 3.63) is 0 Å². The molecular weight excluding hydrogens is 214 g/mol. The van der Waals surface area contributed by atoms with Crippen molar-refractivity contribution >= 4 is 23.6 Å². The second kappa shape index (κ2) is 3.92. The zero-order valence-electron chi connectivity index (χ0n) is 8.49. The van der Waals surface area contributed by atoms with Gasteiger partial charge in [0.05, 0.1) is 0 Å². The highest BCUT2D eigenvalue weighted by molar-refractivity contribution is 6.03. The minimum absolute atomic E-state index is 0.128. The first-order chi connectivity index (χ1) is 7.56. The van der Waals surface area contributed by atoms with E-state index in [1.165, 1.54) is 0 Å². The van der Waals surface area contributed by atoms with Crippen molar-refractivity contribution in [1.29, 1.82) is 0 Å². The molecule has 2 N–H and O–H groups in total. The Balaban J connectivity index is 2.01. The van der Waals surface area contributed by atoms with E-state index in [4.69, 9.17) is 0 Å². The lowest BCUT2D eigenvalue weighted by Gasteiger charge is -2.27. The molecule has 2 rings (SSSR count). The fourth-order valence-electron chi connectivity index (χ4n) is 1.81. The average Bonchev–Trinajstić information content (AvgIpc) is 2.62. The Morgan fingerprint density at radius 1 is 1.12 bits per heavy atom. The number of nitrogens with one attached hydrogen (secondary N) is 2. The van der Waals surface area contributed by atoms with E-state index in [2.05, 4.69) is 10.6 Å². The molecule has 86 valence electrons. The number of amides is 4. The second-order valence-electron chi connectivity index (χ2n) is 3.82. The van der Waals surface area contributed by atoms with E-state index >= 15 is 0 Å². The van der Waals surface area contributed by atoms with Crippen LogP contribution >= 0.6 is 0 Å². The summed E-state index contributed by atoms with van der Waals surface area (Å²) in [6.45, 7) is -0.256. The third-order valence-corrected chi connectivity index (χ3v) is 2.55. The number of piperazine rings is 1. The topological polar surface area (TPSA) is 95.6 Å². The molecule has 0 aromatic rings. The molecule has 2 fully saturated rings. The summed E-state index contributed by atoms with van der Waals surface area (Å²) in [5.41, 5.74) is 0. The third-order valence-electron chi connectivity index (χ3n) is 2.55. The molecule has 0 saturated carbocycles. The van der Waals surface area contributed by atoms with E-state index in [1.807, 2.05) is 0 Å². The molecule has 2 heterocycles. The van der Waals surface area contributed by atoms with Gasteiger partial charge in [-0.05, 0) is 6.42 Å². The zero-order chi connectivity index (χ0) is 11.7. The van der Waals surface area contributed by atoms with Crippen molar-refractivity contribution in [2.24, 2.45) is 0 Å². The molecule has 0 spiro atoms. The zero-order valence-corrected chi connectivity index (χ0v) is 8.49. The highest BCUT2D eigenvalue weighted by Crippen LogP contribution is 2.10. The van der Waals surface area contributed by atoms with Crippen molar-refractivity contribution < 1.29 is 19.2 Å². The van der Waals surface area contributed by atoms with E-state index in [0.717, 1.165) is 4.90 Å². The van der Waals surface area contributed by atoms with Crippen LogP contribution in [0.25, 0.3) is 0 Å². The number of carbonyl (C=O) groups is 4. The first kappa shape index (κ1) is 10.6. The molecule has 2 aliphatic rings. The van der Waals surface area contributed by atoms with E-state index in [1.54, 1.807) is 0 Å². The lowest BCUT2D eigenvalue weighted by atomic mass is 10.2. The number of hydrogen-bond acceptors (Lipinski definition) is 4. The molecule has 0 aromatic carbocycles. The van der Waals surface area contributed by atoms with Gasteiger partial charge in [-0.2, -0.15) is 0 Å². The van der Waals surface area contributed by atoms with Gasteiger partial charge in [-0.1, -0.05) is 0 Å². The van der Waals surface area contributed by atoms with E-state index in [-0.39, 0.29) is 24.9 Å². The summed E-state index contributed by atoms with van der Waals surface area (Å²) in [6.07, 6.45) is 0.731. The fourth-order valence-corrected chi connectivity index (χ4v) is 1.81. The average molecular weight is 225 g/mol. The van der Waals surface area contributed by atoms with Gasteiger partial charge < -0.3 is 10.2 Å². The largest absolute Gasteiger partial charge is 0.344 e. The summed E-state index contributed by atoms with van der Waals surface area (Å²) in [5.74, 6) is -1.52. The van der Waals surface area contributed by atoms with E-state index in [0.29, 0.717) is 12.8 Å². The number of hydrogen-bond donors (Lipinski definition) is 2. The molecule has 2 saturated heterocycles. The Labute approximate surface area is 91.2 Å². The molecular formula is C9H11N3O4. The Morgan fingerprint density at radius 3 is 2.25 bits per heavy atom. The SMILES string of the molecule is O=C1CN(C(=O)[C@H]2CCC(=O)N2)CC(=O)N1. The van der Waals surface area contributed by atoms with Crippen LogP contribution in [0.15, 0.2) is 0 Å². The van der Waals surface area contributed by atoms with Gasteiger partial charge >= 0.3 is 0 Å². The number of nitrogens with zero attached hydrogens (tertiary/aromatic N) is 1. The third kappa shape index (κ3) is 2.02. The normalized spacial score (nSPS) is 25.4. The summed E-state index contributed by atoms with van der Waals surface area (Å²) >= 11 is 0. The van der Waals surface area contributed by atoms with Crippen molar-refractivity contribution in [1.82, 2.24) is 15.5 Å². The molecule has 1 atom stereocenters. The van der Waals surface area contributed by atoms with Crippen molar-refractivity contribution in [2.75, 3.05) is 13.1 Å². The van der Waals surface area contributed by atoms with Gasteiger partial charge in [-0.15, -0.1) is 0 Å². The van der Waals surface area contributed by atoms with Crippen LogP contribution in [0, 0.1) is 0 Å². The van der Waals surface area contributed by atoms with Crippen molar-refractivity contribution in [2.45, 2.75) is 18.9 Å². The minimum atomic E-state index is -0.591. The molecule has 0 bridgehead atoms. The monoisotopic (exact) mass is 225 g/mol. The number of carbonyl (C=O) groups excluding carboxylic acids is 4. The van der Waals surface area contributed by atoms with Gasteiger partial charge in [0.2, 0.25) is 23.6 Å². The Bertz CT molecular complexity index is 363. The van der Waals surface area contributed by atoms with Gasteiger partial charge in [-0.3, -0.25) is 24.5 Å². The lowest BCUT2D eigenvalue weighted by Crippen LogP contribution is -2.56. The summed E-state index contributed by atoms with van der Waals surface area (Å²) in [4.78, 5) is 46.0. The standard InChI is InChI=1S/C9H11N3O4/c13-6-2-1-5(10-6)9(16)12-3-7(14)11-8(15)4-12/h5H,1-4H2,(H,10,13)(H,11,14,15)/t5-/m1/s1. The summed E-state index contributed by atoms with van der Waals surface area (Å²) in [7, 11) is 0. The summed E-state index contributed by atoms with van der Waals surface area (Å²) < 4.78 is 0. The Hall–Kier alpha value is -1.92. The van der Waals surface area contributed by atoms with Crippen LogP contribution in [0.4, 0.5) is 0 Å². The van der Waals surface area contributed by atoms with Gasteiger partial charge in [0.25, 0.3) is 0 Å². The quantitative estimate of drug-likeness (QED) is 0.493. The smallest absolute Gasteiger partial charge is 0.246 e. The van der Waals surface area contributed by atoms with Gasteiger partial charge in [0.1, 0.15) is 19.1 Å². The van der Waals surface area contributed by atoms with Crippen LogP contribution in [0.1, 0.15) is 12.8 Å². The van der Waals surface area contributed by atoms with Gasteiger partial charge in [0, 0.05) is 6.42 Å². The molecule has 0 aromatic heterocycles. The molecule has 0 unspecified atom stereocenters. The van der Waals surface area contributed by atoms with E-state index < -0.39 is 17.9 Å². The lowest BCUT2D eigenvalue weighted by molar-refractivity contribution is -0.146. The molecule has 2 aliphatic heterocycles. The maximum Gasteiger partial charge on any atom is 0.246 e. The second-order valence-corrected chi connectivity index (χ2v) is 3.82. The number of imide groups is 1. The summed E-state index contributed by atoms with van der Waals surface area (Å²) in [5, 5.41) is 4.61. The van der Waals surface area contributed by atoms with Crippen LogP contribution in [0.2, 0.25) is 0 Å². The molecule has 7 heteroatoms.